The van der Waals surface area contributed by atoms with Crippen molar-refractivity contribution >= 4 is 29.1 Å². The number of aromatic nitrogens is 4. The highest BCUT2D eigenvalue weighted by molar-refractivity contribution is 7.99. The molecule has 3 aromatic rings. The summed E-state index contributed by atoms with van der Waals surface area (Å²) in [5.74, 6) is -0.352. The number of benzene rings is 1. The molecule has 8 heteroatoms. The number of thioether (sulfide) groups is 1. The average Bonchev–Trinajstić information content (AvgIpc) is 3.15. The van der Waals surface area contributed by atoms with Gasteiger partial charge >= 0.3 is 5.97 Å². The summed E-state index contributed by atoms with van der Waals surface area (Å²) < 4.78 is 1.82. The van der Waals surface area contributed by atoms with Crippen molar-refractivity contribution in [3.8, 4) is 17.2 Å². The molecule has 0 unspecified atom stereocenters. The summed E-state index contributed by atoms with van der Waals surface area (Å²) >= 11 is 2.61. The fourth-order valence-corrected chi connectivity index (χ4v) is 2.99. The molecule has 106 valence electrons. The lowest BCUT2D eigenvalue weighted by Crippen LogP contribution is -2.03. The highest BCUT2D eigenvalue weighted by atomic mass is 32.2. The van der Waals surface area contributed by atoms with E-state index in [4.69, 9.17) is 5.11 Å². The molecule has 0 saturated carbocycles. The topological polar surface area (TPSA) is 80.9 Å². The Hall–Kier alpha value is -2.19. The standard InChI is InChI=1S/C13H10N4O2S2/c18-11(19)7-21-13-16-15-12(10-6-20-8-14-10)17(13)9-4-2-1-3-5-9/h1-6,8H,7H2,(H,18,19). The van der Waals surface area contributed by atoms with Crippen molar-refractivity contribution in [3.05, 3.63) is 41.2 Å². The lowest BCUT2D eigenvalue weighted by Gasteiger charge is -2.08. The molecule has 3 rings (SSSR count). The smallest absolute Gasteiger partial charge is 0.313 e. The van der Waals surface area contributed by atoms with Crippen LogP contribution in [0, 0.1) is 0 Å². The van der Waals surface area contributed by atoms with Gasteiger partial charge in [0.2, 0.25) is 0 Å². The van der Waals surface area contributed by atoms with Crippen molar-refractivity contribution in [1.82, 2.24) is 19.7 Å². The lowest BCUT2D eigenvalue weighted by molar-refractivity contribution is -0.133. The quantitative estimate of drug-likeness (QED) is 0.728. The molecule has 0 fully saturated rings. The van der Waals surface area contributed by atoms with Crippen LogP contribution in [-0.4, -0.2) is 36.6 Å². The Bertz CT molecular complexity index is 741. The van der Waals surface area contributed by atoms with Gasteiger partial charge in [0.15, 0.2) is 11.0 Å². The third-order valence-corrected chi connectivity index (χ3v) is 4.13. The van der Waals surface area contributed by atoms with Crippen LogP contribution in [0.2, 0.25) is 0 Å². The maximum absolute atomic E-state index is 10.8. The molecule has 0 radical (unpaired) electrons. The summed E-state index contributed by atoms with van der Waals surface area (Å²) in [4.78, 5) is 15.0. The van der Waals surface area contributed by atoms with Crippen molar-refractivity contribution in [1.29, 1.82) is 0 Å². The second-order valence-electron chi connectivity index (χ2n) is 4.03. The molecule has 1 N–H and O–H groups in total. The molecule has 0 saturated heterocycles. The minimum atomic E-state index is -0.891. The van der Waals surface area contributed by atoms with Crippen LogP contribution in [0.5, 0.6) is 0 Å². The maximum atomic E-state index is 10.8. The van der Waals surface area contributed by atoms with Gasteiger partial charge in [-0.3, -0.25) is 9.36 Å². The number of hydrogen-bond donors (Lipinski definition) is 1. The van der Waals surface area contributed by atoms with E-state index >= 15 is 0 Å². The molecule has 2 aromatic heterocycles. The van der Waals surface area contributed by atoms with Crippen molar-refractivity contribution in [2.24, 2.45) is 0 Å². The fraction of sp³-hybridized carbons (Fsp3) is 0.0769. The van der Waals surface area contributed by atoms with E-state index < -0.39 is 5.97 Å². The van der Waals surface area contributed by atoms with Crippen LogP contribution in [0.1, 0.15) is 0 Å². The van der Waals surface area contributed by atoms with E-state index in [1.807, 2.05) is 40.3 Å². The fourth-order valence-electron chi connectivity index (χ4n) is 1.79. The molecule has 21 heavy (non-hydrogen) atoms. The molecule has 0 aliphatic heterocycles. The molecule has 0 aliphatic rings. The molecule has 1 aromatic carbocycles. The largest absolute Gasteiger partial charge is 0.481 e. The van der Waals surface area contributed by atoms with Crippen LogP contribution in [-0.2, 0) is 4.79 Å². The zero-order valence-electron chi connectivity index (χ0n) is 10.7. The van der Waals surface area contributed by atoms with Crippen LogP contribution in [0.4, 0.5) is 0 Å². The zero-order valence-corrected chi connectivity index (χ0v) is 12.3. The summed E-state index contributed by atoms with van der Waals surface area (Å²) in [6.07, 6.45) is 0. The Kier molecular flexibility index (Phi) is 3.98. The maximum Gasteiger partial charge on any atom is 0.313 e. The van der Waals surface area contributed by atoms with E-state index in [1.165, 1.54) is 11.3 Å². The first kappa shape index (κ1) is 13.8. The number of carboxylic acids is 1. The zero-order chi connectivity index (χ0) is 14.7. The van der Waals surface area contributed by atoms with Gasteiger partial charge in [-0.05, 0) is 12.1 Å². The summed E-state index contributed by atoms with van der Waals surface area (Å²) in [7, 11) is 0. The van der Waals surface area contributed by atoms with Crippen molar-refractivity contribution in [3.63, 3.8) is 0 Å². The van der Waals surface area contributed by atoms with Crippen LogP contribution in [0.25, 0.3) is 17.2 Å². The molecular weight excluding hydrogens is 308 g/mol. The molecule has 0 spiro atoms. The summed E-state index contributed by atoms with van der Waals surface area (Å²) in [6.45, 7) is 0. The Balaban J connectivity index is 2.08. The molecule has 0 atom stereocenters. The average molecular weight is 318 g/mol. The van der Waals surface area contributed by atoms with Crippen LogP contribution in [0.15, 0.2) is 46.4 Å². The Morgan fingerprint density at radius 3 is 2.76 bits per heavy atom. The SMILES string of the molecule is O=C(O)CSc1nnc(-c2cscn2)n1-c1ccccc1. The number of carboxylic acid groups (broad SMARTS) is 1. The van der Waals surface area contributed by atoms with Gasteiger partial charge in [-0.2, -0.15) is 0 Å². The van der Waals surface area contributed by atoms with Crippen LogP contribution >= 0.6 is 23.1 Å². The monoisotopic (exact) mass is 318 g/mol. The van der Waals surface area contributed by atoms with Gasteiger partial charge in [0.05, 0.1) is 11.3 Å². The number of rotatable bonds is 5. The minimum Gasteiger partial charge on any atom is -0.481 e. The first-order valence-electron chi connectivity index (χ1n) is 5.99. The van der Waals surface area contributed by atoms with E-state index in [9.17, 15) is 4.79 Å². The van der Waals surface area contributed by atoms with E-state index in [0.29, 0.717) is 11.0 Å². The Labute approximate surface area is 128 Å². The van der Waals surface area contributed by atoms with E-state index in [2.05, 4.69) is 15.2 Å². The Morgan fingerprint density at radius 2 is 2.10 bits per heavy atom. The second-order valence-corrected chi connectivity index (χ2v) is 5.69. The number of hydrogen-bond acceptors (Lipinski definition) is 6. The predicted octanol–water partition coefficient (Wildman–Crippen LogP) is 2.57. The van der Waals surface area contributed by atoms with Crippen molar-refractivity contribution in [2.45, 2.75) is 5.16 Å². The Morgan fingerprint density at radius 1 is 1.29 bits per heavy atom. The molecule has 0 amide bonds. The predicted molar refractivity (Wildman–Crippen MR) is 80.8 cm³/mol. The molecular formula is C13H10N4O2S2. The minimum absolute atomic E-state index is 0.0674. The molecule has 0 bridgehead atoms. The van der Waals surface area contributed by atoms with Crippen molar-refractivity contribution in [2.75, 3.05) is 5.75 Å². The molecule has 2 heterocycles. The van der Waals surface area contributed by atoms with Gasteiger partial charge in [-0.25, -0.2) is 4.98 Å². The van der Waals surface area contributed by atoms with Gasteiger partial charge < -0.3 is 5.11 Å². The number of para-hydroxylation sites is 1. The van der Waals surface area contributed by atoms with Gasteiger partial charge in [-0.15, -0.1) is 21.5 Å². The summed E-state index contributed by atoms with van der Waals surface area (Å²) in [5.41, 5.74) is 3.32. The summed E-state index contributed by atoms with van der Waals surface area (Å²) in [6, 6.07) is 9.58. The van der Waals surface area contributed by atoms with E-state index in [0.717, 1.165) is 23.1 Å². The van der Waals surface area contributed by atoms with Crippen molar-refractivity contribution < 1.29 is 9.90 Å². The first-order valence-corrected chi connectivity index (χ1v) is 7.92. The highest BCUT2D eigenvalue weighted by Crippen LogP contribution is 2.27. The van der Waals surface area contributed by atoms with Crippen LogP contribution in [0.3, 0.4) is 0 Å². The van der Waals surface area contributed by atoms with Gasteiger partial charge in [0.25, 0.3) is 0 Å². The number of thiazole rings is 1. The first-order chi connectivity index (χ1) is 10.3. The van der Waals surface area contributed by atoms with E-state index in [-0.39, 0.29) is 5.75 Å². The molecule has 6 nitrogen and oxygen atoms in total. The second kappa shape index (κ2) is 6.06. The highest BCUT2D eigenvalue weighted by Gasteiger charge is 2.17. The summed E-state index contributed by atoms with van der Waals surface area (Å²) in [5, 5.41) is 19.5. The van der Waals surface area contributed by atoms with Crippen LogP contribution < -0.4 is 0 Å². The number of aliphatic carboxylic acids is 1. The van der Waals surface area contributed by atoms with Gasteiger partial charge in [0.1, 0.15) is 5.69 Å². The molecule has 0 aliphatic carbocycles. The third kappa shape index (κ3) is 2.96. The number of carbonyl (C=O) groups is 1. The van der Waals surface area contributed by atoms with E-state index in [1.54, 1.807) is 5.51 Å². The lowest BCUT2D eigenvalue weighted by atomic mass is 10.3. The third-order valence-electron chi connectivity index (χ3n) is 2.63. The normalized spacial score (nSPS) is 10.7. The number of nitrogens with zero attached hydrogens (tertiary/aromatic N) is 4. The van der Waals surface area contributed by atoms with Gasteiger partial charge in [-0.1, -0.05) is 30.0 Å². The van der Waals surface area contributed by atoms with Gasteiger partial charge in [0, 0.05) is 11.1 Å².